The number of benzene rings is 1. The van der Waals surface area contributed by atoms with Crippen LogP contribution in [0.15, 0.2) is 33.7 Å². The smallest absolute Gasteiger partial charge is 0.230 e. The highest BCUT2D eigenvalue weighted by Crippen LogP contribution is 2.64. The van der Waals surface area contributed by atoms with Crippen LogP contribution in [0, 0.1) is 23.1 Å². The zero-order valence-corrected chi connectivity index (χ0v) is 17.8. The van der Waals surface area contributed by atoms with E-state index in [1.54, 1.807) is 18.5 Å². The fourth-order valence-corrected chi connectivity index (χ4v) is 6.66. The van der Waals surface area contributed by atoms with E-state index in [1.165, 1.54) is 12.5 Å². The van der Waals surface area contributed by atoms with E-state index >= 15 is 0 Å². The van der Waals surface area contributed by atoms with Gasteiger partial charge in [0.25, 0.3) is 0 Å². The summed E-state index contributed by atoms with van der Waals surface area (Å²) in [5.41, 5.74) is -0.364. The molecule has 2 aromatic rings. The molecule has 1 N–H and O–H groups in total. The number of carbonyl (C=O) groups is 1. The second kappa shape index (κ2) is 6.11. The second-order valence-corrected chi connectivity index (χ2v) is 10.1. The fraction of sp³-hybridized carbons (Fsp3) is 0.526. The van der Waals surface area contributed by atoms with Gasteiger partial charge in [0.05, 0.1) is 16.6 Å². The number of hydrogen-bond donors (Lipinski definition) is 1. The SMILES string of the molecule is O=C(Nc1ccc(Br)cc1F)C12C[C@H]3C[C@@H](C1)CC(n1cnc(Br)n1)(C3)C2. The van der Waals surface area contributed by atoms with E-state index in [-0.39, 0.29) is 17.1 Å². The van der Waals surface area contributed by atoms with Gasteiger partial charge in [-0.2, -0.15) is 0 Å². The summed E-state index contributed by atoms with van der Waals surface area (Å²) < 4.78 is 17.5. The molecule has 4 aliphatic carbocycles. The molecule has 4 fully saturated rings. The average molecular weight is 498 g/mol. The number of hydrogen-bond acceptors (Lipinski definition) is 3. The van der Waals surface area contributed by atoms with Crippen molar-refractivity contribution in [1.82, 2.24) is 14.8 Å². The molecule has 1 amide bonds. The molecule has 4 saturated carbocycles. The van der Waals surface area contributed by atoms with E-state index < -0.39 is 11.2 Å². The topological polar surface area (TPSA) is 59.8 Å². The highest BCUT2D eigenvalue weighted by Gasteiger charge is 2.61. The lowest BCUT2D eigenvalue weighted by Gasteiger charge is -2.60. The summed E-state index contributed by atoms with van der Waals surface area (Å²) in [6.45, 7) is 0. The molecular weight excluding hydrogens is 479 g/mol. The minimum absolute atomic E-state index is 0.0543. The molecule has 8 heteroatoms. The standard InChI is InChI=1S/C19H19Br2FN4O/c20-13-1-2-15(14(22)4-13)24-16(27)18-5-11-3-12(6-18)8-19(7-11,9-18)26-10-23-17(21)25-26/h1-2,4,10-12H,3,5-9H2,(H,24,27)/t11-,12+,18?,19?. The van der Waals surface area contributed by atoms with Crippen molar-refractivity contribution in [2.24, 2.45) is 17.3 Å². The van der Waals surface area contributed by atoms with Crippen LogP contribution >= 0.6 is 31.9 Å². The monoisotopic (exact) mass is 496 g/mol. The van der Waals surface area contributed by atoms with E-state index in [4.69, 9.17) is 0 Å². The van der Waals surface area contributed by atoms with Gasteiger partial charge in [0.1, 0.15) is 12.1 Å². The number of nitrogens with zero attached hydrogens (tertiary/aromatic N) is 3. The molecule has 4 atom stereocenters. The van der Waals surface area contributed by atoms with Crippen LogP contribution in [0.1, 0.15) is 38.5 Å². The molecule has 4 bridgehead atoms. The van der Waals surface area contributed by atoms with E-state index in [1.807, 2.05) is 4.68 Å². The summed E-state index contributed by atoms with van der Waals surface area (Å²) in [5.74, 6) is 0.545. The van der Waals surface area contributed by atoms with Crippen molar-refractivity contribution < 1.29 is 9.18 Å². The highest BCUT2D eigenvalue weighted by molar-refractivity contribution is 9.10. The van der Waals surface area contributed by atoms with Crippen molar-refractivity contribution in [3.63, 3.8) is 0 Å². The maximum Gasteiger partial charge on any atom is 0.230 e. The summed E-state index contributed by atoms with van der Waals surface area (Å²) in [5, 5.41) is 7.40. The molecule has 0 spiro atoms. The van der Waals surface area contributed by atoms with Crippen molar-refractivity contribution in [2.75, 3.05) is 5.32 Å². The summed E-state index contributed by atoms with van der Waals surface area (Å²) in [7, 11) is 0. The third kappa shape index (κ3) is 2.87. The lowest BCUT2D eigenvalue weighted by atomic mass is 9.46. The highest BCUT2D eigenvalue weighted by atomic mass is 79.9. The first kappa shape index (κ1) is 17.8. The molecule has 1 heterocycles. The first-order valence-electron chi connectivity index (χ1n) is 9.22. The molecular formula is C19H19Br2FN4O. The molecule has 0 aliphatic heterocycles. The molecule has 6 rings (SSSR count). The number of rotatable bonds is 3. The number of nitrogens with one attached hydrogen (secondary N) is 1. The van der Waals surface area contributed by atoms with E-state index in [9.17, 15) is 9.18 Å². The molecule has 1 aromatic carbocycles. The van der Waals surface area contributed by atoms with Crippen molar-refractivity contribution in [3.8, 4) is 0 Å². The zero-order chi connectivity index (χ0) is 18.8. The van der Waals surface area contributed by atoms with Gasteiger partial charge in [0, 0.05) is 4.47 Å². The number of amides is 1. The van der Waals surface area contributed by atoms with Crippen molar-refractivity contribution >= 4 is 43.5 Å². The Hall–Kier alpha value is -1.28. The number of aromatic nitrogens is 3. The normalized spacial score (nSPS) is 34.0. The van der Waals surface area contributed by atoms with Gasteiger partial charge in [-0.25, -0.2) is 14.1 Å². The van der Waals surface area contributed by atoms with E-state index in [2.05, 4.69) is 47.3 Å². The van der Waals surface area contributed by atoms with Crippen LogP contribution in [-0.2, 0) is 10.3 Å². The Bertz CT molecular complexity index is 916. The first-order valence-corrected chi connectivity index (χ1v) is 10.8. The number of halogens is 3. The summed E-state index contributed by atoms with van der Waals surface area (Å²) in [6.07, 6.45) is 7.54. The molecule has 2 unspecified atom stereocenters. The molecule has 0 saturated heterocycles. The maximum atomic E-state index is 14.3. The zero-order valence-electron chi connectivity index (χ0n) is 14.6. The lowest BCUT2D eigenvalue weighted by Crippen LogP contribution is -2.60. The molecule has 142 valence electrons. The first-order chi connectivity index (χ1) is 12.9. The third-order valence-corrected chi connectivity index (χ3v) is 7.50. The minimum atomic E-state index is -0.456. The largest absolute Gasteiger partial charge is 0.323 e. The average Bonchev–Trinajstić information content (AvgIpc) is 3.03. The molecule has 1 aromatic heterocycles. The summed E-state index contributed by atoms with van der Waals surface area (Å²) in [4.78, 5) is 17.6. The summed E-state index contributed by atoms with van der Waals surface area (Å²) >= 11 is 6.60. The van der Waals surface area contributed by atoms with Gasteiger partial charge >= 0.3 is 0 Å². The fourth-order valence-electron chi connectivity index (χ4n) is 6.07. The predicted octanol–water partition coefficient (Wildman–Crippen LogP) is 4.88. The Morgan fingerprint density at radius 1 is 1.22 bits per heavy atom. The third-order valence-electron chi connectivity index (χ3n) is 6.64. The second-order valence-electron chi connectivity index (χ2n) is 8.50. The van der Waals surface area contributed by atoms with E-state index in [0.29, 0.717) is 21.0 Å². The number of anilines is 1. The van der Waals surface area contributed by atoms with Gasteiger partial charge in [-0.1, -0.05) is 15.9 Å². The van der Waals surface area contributed by atoms with E-state index in [0.717, 1.165) is 32.1 Å². The maximum absolute atomic E-state index is 14.3. The Labute approximate surface area is 173 Å². The van der Waals surface area contributed by atoms with Crippen LogP contribution in [0.2, 0.25) is 0 Å². The van der Waals surface area contributed by atoms with Gasteiger partial charge < -0.3 is 5.32 Å². The van der Waals surface area contributed by atoms with Crippen LogP contribution in [0.4, 0.5) is 10.1 Å². The van der Waals surface area contributed by atoms with Crippen LogP contribution < -0.4 is 5.32 Å². The van der Waals surface area contributed by atoms with Gasteiger partial charge in [-0.05, 0) is 84.5 Å². The van der Waals surface area contributed by atoms with Crippen LogP contribution in [0.25, 0.3) is 0 Å². The van der Waals surface area contributed by atoms with Crippen molar-refractivity contribution in [3.05, 3.63) is 39.6 Å². The minimum Gasteiger partial charge on any atom is -0.323 e. The molecule has 5 nitrogen and oxygen atoms in total. The summed E-state index contributed by atoms with van der Waals surface area (Å²) in [6, 6.07) is 4.73. The molecule has 4 aliphatic rings. The van der Waals surface area contributed by atoms with Crippen molar-refractivity contribution in [1.29, 1.82) is 0 Å². The predicted molar refractivity (Wildman–Crippen MR) is 106 cm³/mol. The van der Waals surface area contributed by atoms with Gasteiger partial charge in [0.2, 0.25) is 10.6 Å². The number of carbonyl (C=O) groups excluding carboxylic acids is 1. The van der Waals surface area contributed by atoms with Gasteiger partial charge in [-0.15, -0.1) is 5.10 Å². The van der Waals surface area contributed by atoms with Crippen LogP contribution in [0.5, 0.6) is 0 Å². The van der Waals surface area contributed by atoms with Crippen LogP contribution in [-0.4, -0.2) is 20.7 Å². The Balaban J connectivity index is 1.47. The lowest BCUT2D eigenvalue weighted by molar-refractivity contribution is -0.150. The Morgan fingerprint density at radius 2 is 1.96 bits per heavy atom. The van der Waals surface area contributed by atoms with Gasteiger partial charge in [0.15, 0.2) is 0 Å². The Morgan fingerprint density at radius 3 is 2.59 bits per heavy atom. The molecule has 27 heavy (non-hydrogen) atoms. The molecule has 0 radical (unpaired) electrons. The van der Waals surface area contributed by atoms with Crippen molar-refractivity contribution in [2.45, 2.75) is 44.1 Å². The Kier molecular flexibility index (Phi) is 4.03. The van der Waals surface area contributed by atoms with Crippen LogP contribution in [0.3, 0.4) is 0 Å². The van der Waals surface area contributed by atoms with Gasteiger partial charge in [-0.3, -0.25) is 4.79 Å². The quantitative estimate of drug-likeness (QED) is 0.657.